The summed E-state index contributed by atoms with van der Waals surface area (Å²) in [5, 5.41) is 12.3. The summed E-state index contributed by atoms with van der Waals surface area (Å²) in [6, 6.07) is 12.6. The molecule has 2 amide bonds. The molecule has 9 heteroatoms. The van der Waals surface area contributed by atoms with Crippen molar-refractivity contribution in [3.05, 3.63) is 48.0 Å². The van der Waals surface area contributed by atoms with Crippen LogP contribution in [-0.4, -0.2) is 49.8 Å². The Balaban J connectivity index is 1.38. The Labute approximate surface area is 185 Å². The fraction of sp³-hybridized carbons (Fsp3) is 0.348. The summed E-state index contributed by atoms with van der Waals surface area (Å²) in [4.78, 5) is 27.2. The number of amides is 2. The minimum atomic E-state index is -0.873. The summed E-state index contributed by atoms with van der Waals surface area (Å²) in [5.41, 5.74) is 0.585. The van der Waals surface area contributed by atoms with E-state index in [1.807, 2.05) is 0 Å². The fourth-order valence-corrected chi connectivity index (χ4v) is 3.78. The lowest BCUT2D eigenvalue weighted by Crippen LogP contribution is -2.48. The van der Waals surface area contributed by atoms with Crippen molar-refractivity contribution in [3.8, 4) is 29.1 Å². The highest BCUT2D eigenvalue weighted by Gasteiger charge is 2.35. The topological polar surface area (TPSA) is 110 Å². The van der Waals surface area contributed by atoms with Crippen LogP contribution in [-0.2, 0) is 9.59 Å². The van der Waals surface area contributed by atoms with Gasteiger partial charge in [-0.3, -0.25) is 9.59 Å². The van der Waals surface area contributed by atoms with Crippen molar-refractivity contribution in [2.24, 2.45) is 0 Å². The number of methoxy groups -OCH3 is 1. The molecule has 0 bridgehead atoms. The summed E-state index contributed by atoms with van der Waals surface area (Å²) in [6.07, 6.45) is 1.22. The maximum absolute atomic E-state index is 12.9. The van der Waals surface area contributed by atoms with E-state index in [1.54, 1.807) is 49.6 Å². The minimum absolute atomic E-state index is 0.124. The van der Waals surface area contributed by atoms with Crippen molar-refractivity contribution >= 4 is 11.8 Å². The first-order valence-corrected chi connectivity index (χ1v) is 10.2. The van der Waals surface area contributed by atoms with Crippen LogP contribution in [0.1, 0.15) is 24.4 Å². The first-order valence-electron chi connectivity index (χ1n) is 10.2. The number of likely N-dealkylation sites (tertiary alicyclic amines) is 1. The molecule has 2 aromatic carbocycles. The van der Waals surface area contributed by atoms with Gasteiger partial charge < -0.3 is 29.2 Å². The molecular formula is C23H23N3O6. The lowest BCUT2D eigenvalue weighted by molar-refractivity contribution is -0.140. The van der Waals surface area contributed by atoms with Crippen molar-refractivity contribution < 1.29 is 28.5 Å². The number of hydrogen-bond acceptors (Lipinski definition) is 7. The van der Waals surface area contributed by atoms with E-state index in [-0.39, 0.29) is 25.2 Å². The third-order valence-electron chi connectivity index (χ3n) is 5.42. The maximum Gasteiger partial charge on any atom is 0.261 e. The lowest BCUT2D eigenvalue weighted by atomic mass is 10.1. The Kier molecular flexibility index (Phi) is 6.31. The monoisotopic (exact) mass is 437 g/mol. The van der Waals surface area contributed by atoms with Crippen molar-refractivity contribution in [2.45, 2.75) is 24.9 Å². The second-order valence-corrected chi connectivity index (χ2v) is 7.40. The third-order valence-corrected chi connectivity index (χ3v) is 5.42. The van der Waals surface area contributed by atoms with Crippen molar-refractivity contribution in [1.29, 1.82) is 5.26 Å². The average molecular weight is 437 g/mol. The highest BCUT2D eigenvalue weighted by molar-refractivity contribution is 5.89. The Morgan fingerprint density at radius 2 is 2.03 bits per heavy atom. The van der Waals surface area contributed by atoms with Gasteiger partial charge in [0.25, 0.3) is 5.91 Å². The molecule has 2 unspecified atom stereocenters. The molecule has 2 aliphatic rings. The van der Waals surface area contributed by atoms with E-state index in [2.05, 4.69) is 11.4 Å². The Hall–Kier alpha value is -3.93. The van der Waals surface area contributed by atoms with Gasteiger partial charge >= 0.3 is 0 Å². The number of ether oxygens (including phenoxy) is 4. The second-order valence-electron chi connectivity index (χ2n) is 7.40. The number of hydrogen-bond donors (Lipinski definition) is 1. The molecule has 166 valence electrons. The van der Waals surface area contributed by atoms with Gasteiger partial charge in [0.2, 0.25) is 12.7 Å². The molecule has 2 aliphatic heterocycles. The predicted molar refractivity (Wildman–Crippen MR) is 112 cm³/mol. The van der Waals surface area contributed by atoms with Crippen LogP contribution in [0.15, 0.2) is 42.5 Å². The Morgan fingerprint density at radius 3 is 2.84 bits per heavy atom. The van der Waals surface area contributed by atoms with Gasteiger partial charge in [-0.2, -0.15) is 5.26 Å². The van der Waals surface area contributed by atoms with Crippen LogP contribution in [0.4, 0.5) is 0 Å². The molecule has 0 aromatic heterocycles. The molecule has 4 rings (SSSR count). The van der Waals surface area contributed by atoms with Crippen LogP contribution in [0, 0.1) is 11.3 Å². The SMILES string of the molecule is COc1cccc(OCC(=O)N2CCCC2C(=O)NC(C#N)c2ccc3c(c2)OCO3)c1. The smallest absolute Gasteiger partial charge is 0.261 e. The number of benzene rings is 2. The van der Waals surface area contributed by atoms with Gasteiger partial charge in [-0.25, -0.2) is 0 Å². The maximum atomic E-state index is 12.9. The fourth-order valence-electron chi connectivity index (χ4n) is 3.78. The van der Waals surface area contributed by atoms with E-state index in [9.17, 15) is 14.9 Å². The molecule has 0 aliphatic carbocycles. The summed E-state index contributed by atoms with van der Waals surface area (Å²) < 4.78 is 21.4. The summed E-state index contributed by atoms with van der Waals surface area (Å²) in [5.74, 6) is 1.60. The van der Waals surface area contributed by atoms with E-state index in [4.69, 9.17) is 18.9 Å². The van der Waals surface area contributed by atoms with Crippen molar-refractivity contribution in [3.63, 3.8) is 0 Å². The average Bonchev–Trinajstić information content (AvgIpc) is 3.50. The van der Waals surface area contributed by atoms with E-state index in [0.29, 0.717) is 47.9 Å². The molecule has 0 radical (unpaired) electrons. The lowest BCUT2D eigenvalue weighted by Gasteiger charge is -2.25. The van der Waals surface area contributed by atoms with Crippen LogP contribution in [0.2, 0.25) is 0 Å². The molecular weight excluding hydrogens is 414 g/mol. The number of carbonyl (C=O) groups excluding carboxylic acids is 2. The van der Waals surface area contributed by atoms with Crippen LogP contribution in [0.3, 0.4) is 0 Å². The zero-order valence-corrected chi connectivity index (χ0v) is 17.6. The van der Waals surface area contributed by atoms with E-state index < -0.39 is 12.1 Å². The van der Waals surface area contributed by atoms with Crippen LogP contribution < -0.4 is 24.3 Å². The molecule has 2 aromatic rings. The van der Waals surface area contributed by atoms with Crippen LogP contribution in [0.5, 0.6) is 23.0 Å². The number of nitrogens with one attached hydrogen (secondary N) is 1. The Bertz CT molecular complexity index is 1050. The molecule has 9 nitrogen and oxygen atoms in total. The summed E-state index contributed by atoms with van der Waals surface area (Å²) in [7, 11) is 1.55. The molecule has 2 atom stereocenters. The molecule has 1 N–H and O–H groups in total. The van der Waals surface area contributed by atoms with Gasteiger partial charge in [0.15, 0.2) is 18.1 Å². The number of nitriles is 1. The quantitative estimate of drug-likeness (QED) is 0.707. The number of fused-ring (bicyclic) bond motifs is 1. The van der Waals surface area contributed by atoms with Crippen LogP contribution in [0.25, 0.3) is 0 Å². The molecule has 32 heavy (non-hydrogen) atoms. The zero-order chi connectivity index (χ0) is 22.5. The van der Waals surface area contributed by atoms with Gasteiger partial charge in [-0.1, -0.05) is 12.1 Å². The van der Waals surface area contributed by atoms with Gasteiger partial charge in [0, 0.05) is 12.6 Å². The summed E-state index contributed by atoms with van der Waals surface area (Å²) >= 11 is 0. The van der Waals surface area contributed by atoms with Crippen LogP contribution >= 0.6 is 0 Å². The second kappa shape index (κ2) is 9.47. The molecule has 0 spiro atoms. The highest BCUT2D eigenvalue weighted by Crippen LogP contribution is 2.34. The van der Waals surface area contributed by atoms with Crippen molar-refractivity contribution in [1.82, 2.24) is 10.2 Å². The first kappa shape index (κ1) is 21.3. The van der Waals surface area contributed by atoms with E-state index >= 15 is 0 Å². The number of nitrogens with zero attached hydrogens (tertiary/aromatic N) is 2. The predicted octanol–water partition coefficient (Wildman–Crippen LogP) is 2.17. The normalized spacial score (nSPS) is 17.4. The van der Waals surface area contributed by atoms with Gasteiger partial charge in [-0.15, -0.1) is 0 Å². The molecule has 1 fully saturated rings. The highest BCUT2D eigenvalue weighted by atomic mass is 16.7. The third kappa shape index (κ3) is 4.54. The molecule has 0 saturated carbocycles. The first-order chi connectivity index (χ1) is 15.6. The van der Waals surface area contributed by atoms with Crippen molar-refractivity contribution in [2.75, 3.05) is 27.1 Å². The Morgan fingerprint density at radius 1 is 1.22 bits per heavy atom. The van der Waals surface area contributed by atoms with E-state index in [1.165, 1.54) is 4.90 Å². The zero-order valence-electron chi connectivity index (χ0n) is 17.6. The minimum Gasteiger partial charge on any atom is -0.497 e. The standard InChI is InChI=1S/C23H23N3O6/c1-29-16-4-2-5-17(11-16)30-13-22(27)26-9-3-6-19(26)23(28)25-18(12-24)15-7-8-20-21(10-15)32-14-31-20/h2,4-5,7-8,10-11,18-19H,3,6,9,13-14H2,1H3,(H,25,28). The number of rotatable bonds is 7. The molecule has 2 heterocycles. The van der Waals surface area contributed by atoms with Gasteiger partial charge in [0.05, 0.1) is 13.2 Å². The van der Waals surface area contributed by atoms with E-state index in [0.717, 1.165) is 0 Å². The van der Waals surface area contributed by atoms with Gasteiger partial charge in [0.1, 0.15) is 23.6 Å². The largest absolute Gasteiger partial charge is 0.497 e. The van der Waals surface area contributed by atoms with Gasteiger partial charge in [-0.05, 0) is 42.7 Å². The molecule has 1 saturated heterocycles. The summed E-state index contributed by atoms with van der Waals surface area (Å²) in [6.45, 7) is 0.389. The number of carbonyl (C=O) groups is 2.